The summed E-state index contributed by atoms with van der Waals surface area (Å²) in [7, 11) is 0. The van der Waals surface area contributed by atoms with Crippen molar-refractivity contribution in [3.63, 3.8) is 0 Å². The molecule has 1 aromatic rings. The summed E-state index contributed by atoms with van der Waals surface area (Å²) in [5.41, 5.74) is 0.344. The summed E-state index contributed by atoms with van der Waals surface area (Å²) in [6.45, 7) is 4.77. The lowest BCUT2D eigenvalue weighted by Crippen LogP contribution is -2.34. The van der Waals surface area contributed by atoms with Crippen LogP contribution in [0.25, 0.3) is 0 Å². The largest absolute Gasteiger partial charge is 0.485 e. The average molecular weight is 203 g/mol. The van der Waals surface area contributed by atoms with Gasteiger partial charge in [0.1, 0.15) is 17.5 Å². The monoisotopic (exact) mass is 203 g/mol. The topological polar surface area (TPSA) is 45.5 Å². The molecule has 0 amide bonds. The third-order valence-electron chi connectivity index (χ3n) is 2.47. The van der Waals surface area contributed by atoms with Crippen LogP contribution >= 0.6 is 0 Å². The fourth-order valence-corrected chi connectivity index (χ4v) is 1.42. The molecule has 0 bridgehead atoms. The smallest absolute Gasteiger partial charge is 0.132 e. The van der Waals surface area contributed by atoms with Gasteiger partial charge in [0.25, 0.3) is 0 Å². The Morgan fingerprint density at radius 3 is 2.47 bits per heavy atom. The number of ether oxygens (including phenoxy) is 2. The van der Waals surface area contributed by atoms with Crippen molar-refractivity contribution in [3.8, 4) is 11.8 Å². The summed E-state index contributed by atoms with van der Waals surface area (Å²) in [6.07, 6.45) is 0.188. The second kappa shape index (κ2) is 3.56. The molecular formula is C12H13NO2. The fourth-order valence-electron chi connectivity index (χ4n) is 1.42. The second-order valence-corrected chi connectivity index (χ2v) is 4.16. The molecule has 1 fully saturated rings. The van der Waals surface area contributed by atoms with Crippen LogP contribution in [0.15, 0.2) is 24.3 Å². The Hall–Kier alpha value is -1.53. The highest BCUT2D eigenvalue weighted by molar-refractivity contribution is 5.34. The first-order valence-electron chi connectivity index (χ1n) is 4.92. The van der Waals surface area contributed by atoms with E-state index in [1.165, 1.54) is 0 Å². The van der Waals surface area contributed by atoms with Gasteiger partial charge < -0.3 is 9.47 Å². The van der Waals surface area contributed by atoms with Gasteiger partial charge in [-0.05, 0) is 38.1 Å². The summed E-state index contributed by atoms with van der Waals surface area (Å²) >= 11 is 0. The molecule has 15 heavy (non-hydrogen) atoms. The summed E-state index contributed by atoms with van der Waals surface area (Å²) in [4.78, 5) is 0. The molecule has 0 aromatic heterocycles. The first kappa shape index (κ1) is 10.0. The lowest BCUT2D eigenvalue weighted by molar-refractivity contribution is 0.0744. The SMILES string of the molecule is CC(C)(Oc1ccc(C#N)cc1)C1CO1. The maximum absolute atomic E-state index is 8.65. The minimum Gasteiger partial charge on any atom is -0.485 e. The van der Waals surface area contributed by atoms with Crippen molar-refractivity contribution < 1.29 is 9.47 Å². The molecule has 0 N–H and O–H groups in total. The van der Waals surface area contributed by atoms with Gasteiger partial charge in [0.05, 0.1) is 18.2 Å². The van der Waals surface area contributed by atoms with Crippen LogP contribution in [0.4, 0.5) is 0 Å². The van der Waals surface area contributed by atoms with E-state index in [0.717, 1.165) is 12.4 Å². The van der Waals surface area contributed by atoms with Crippen molar-refractivity contribution in [1.29, 1.82) is 5.26 Å². The molecule has 0 spiro atoms. The predicted molar refractivity (Wildman–Crippen MR) is 55.6 cm³/mol. The van der Waals surface area contributed by atoms with Crippen LogP contribution in [-0.4, -0.2) is 18.3 Å². The van der Waals surface area contributed by atoms with Gasteiger partial charge in [-0.2, -0.15) is 5.26 Å². The summed E-state index contributed by atoms with van der Waals surface area (Å²) in [5.74, 6) is 0.773. The minimum absolute atomic E-state index is 0.188. The van der Waals surface area contributed by atoms with E-state index in [4.69, 9.17) is 14.7 Å². The van der Waals surface area contributed by atoms with Crippen LogP contribution < -0.4 is 4.74 Å². The molecule has 0 aliphatic carbocycles. The minimum atomic E-state index is -0.297. The summed E-state index contributed by atoms with van der Waals surface area (Å²) in [5, 5.41) is 8.65. The standard InChI is InChI=1S/C12H13NO2/c1-12(2,11-8-14-11)15-10-5-3-9(7-13)4-6-10/h3-6,11H,8H2,1-2H3. The van der Waals surface area contributed by atoms with E-state index < -0.39 is 0 Å². The second-order valence-electron chi connectivity index (χ2n) is 4.16. The van der Waals surface area contributed by atoms with E-state index >= 15 is 0 Å². The maximum Gasteiger partial charge on any atom is 0.132 e. The number of benzene rings is 1. The zero-order chi connectivity index (χ0) is 10.9. The van der Waals surface area contributed by atoms with E-state index in [0.29, 0.717) is 5.56 Å². The molecule has 1 aliphatic rings. The van der Waals surface area contributed by atoms with Gasteiger partial charge in [-0.15, -0.1) is 0 Å². The Morgan fingerprint density at radius 1 is 1.40 bits per heavy atom. The summed E-state index contributed by atoms with van der Waals surface area (Å²) < 4.78 is 11.0. The van der Waals surface area contributed by atoms with Crippen molar-refractivity contribution in [2.24, 2.45) is 0 Å². The molecule has 1 aromatic carbocycles. The Balaban J connectivity index is 2.07. The van der Waals surface area contributed by atoms with E-state index in [9.17, 15) is 0 Å². The van der Waals surface area contributed by atoms with Crippen LogP contribution in [0.5, 0.6) is 5.75 Å². The van der Waals surface area contributed by atoms with Crippen LogP contribution in [0.3, 0.4) is 0 Å². The third-order valence-corrected chi connectivity index (χ3v) is 2.47. The van der Waals surface area contributed by atoms with Crippen molar-refractivity contribution >= 4 is 0 Å². The predicted octanol–water partition coefficient (Wildman–Crippen LogP) is 2.11. The van der Waals surface area contributed by atoms with Crippen molar-refractivity contribution in [1.82, 2.24) is 0 Å². The lowest BCUT2D eigenvalue weighted by atomic mass is 10.1. The molecular weight excluding hydrogens is 190 g/mol. The zero-order valence-corrected chi connectivity index (χ0v) is 8.86. The zero-order valence-electron chi connectivity index (χ0n) is 8.86. The molecule has 1 heterocycles. The van der Waals surface area contributed by atoms with Gasteiger partial charge in [-0.3, -0.25) is 0 Å². The molecule has 1 unspecified atom stereocenters. The van der Waals surface area contributed by atoms with Crippen LogP contribution in [0, 0.1) is 11.3 Å². The van der Waals surface area contributed by atoms with Gasteiger partial charge in [-0.1, -0.05) is 0 Å². The quantitative estimate of drug-likeness (QED) is 0.707. The first-order chi connectivity index (χ1) is 7.12. The number of hydrogen-bond acceptors (Lipinski definition) is 3. The fraction of sp³-hybridized carbons (Fsp3) is 0.417. The third kappa shape index (κ3) is 2.28. The number of hydrogen-bond donors (Lipinski definition) is 0. The van der Waals surface area contributed by atoms with Crippen LogP contribution in [0.1, 0.15) is 19.4 Å². The van der Waals surface area contributed by atoms with Gasteiger partial charge in [-0.25, -0.2) is 0 Å². The molecule has 1 atom stereocenters. The molecule has 3 nitrogen and oxygen atoms in total. The van der Waals surface area contributed by atoms with Crippen molar-refractivity contribution in [3.05, 3.63) is 29.8 Å². The molecule has 78 valence electrons. The number of nitrogens with zero attached hydrogens (tertiary/aromatic N) is 1. The van der Waals surface area contributed by atoms with E-state index in [1.54, 1.807) is 12.1 Å². The van der Waals surface area contributed by atoms with E-state index in [1.807, 2.05) is 26.0 Å². The Bertz CT molecular complexity index is 385. The number of nitriles is 1. The first-order valence-corrected chi connectivity index (χ1v) is 4.92. The van der Waals surface area contributed by atoms with Crippen LogP contribution in [-0.2, 0) is 4.74 Å². The van der Waals surface area contributed by atoms with E-state index in [-0.39, 0.29) is 11.7 Å². The van der Waals surface area contributed by atoms with Crippen LogP contribution in [0.2, 0.25) is 0 Å². The highest BCUT2D eigenvalue weighted by atomic mass is 16.6. The van der Waals surface area contributed by atoms with E-state index in [2.05, 4.69) is 6.07 Å². The van der Waals surface area contributed by atoms with Crippen molar-refractivity contribution in [2.45, 2.75) is 25.6 Å². The normalized spacial score (nSPS) is 19.4. The Labute approximate surface area is 89.2 Å². The molecule has 3 heteroatoms. The van der Waals surface area contributed by atoms with Gasteiger partial charge in [0.15, 0.2) is 0 Å². The Kier molecular flexibility index (Phi) is 2.37. The van der Waals surface area contributed by atoms with Crippen molar-refractivity contribution in [2.75, 3.05) is 6.61 Å². The summed E-state index contributed by atoms with van der Waals surface area (Å²) in [6, 6.07) is 9.19. The van der Waals surface area contributed by atoms with Gasteiger partial charge in [0, 0.05) is 0 Å². The molecule has 1 saturated heterocycles. The number of epoxide rings is 1. The van der Waals surface area contributed by atoms with Gasteiger partial charge >= 0.3 is 0 Å². The Morgan fingerprint density at radius 2 is 2.00 bits per heavy atom. The van der Waals surface area contributed by atoms with Gasteiger partial charge in [0.2, 0.25) is 0 Å². The molecule has 0 saturated carbocycles. The highest BCUT2D eigenvalue weighted by Crippen LogP contribution is 2.29. The molecule has 1 aliphatic heterocycles. The lowest BCUT2D eigenvalue weighted by Gasteiger charge is -2.24. The molecule has 2 rings (SSSR count). The highest BCUT2D eigenvalue weighted by Gasteiger charge is 2.41. The maximum atomic E-state index is 8.65. The average Bonchev–Trinajstić information content (AvgIpc) is 3.01. The molecule has 0 radical (unpaired) electrons. The number of rotatable bonds is 3.